The van der Waals surface area contributed by atoms with E-state index in [9.17, 15) is 27.6 Å². The Labute approximate surface area is 235 Å². The van der Waals surface area contributed by atoms with Crippen LogP contribution in [0.5, 0.6) is 0 Å². The molecule has 2 aliphatic rings. The van der Waals surface area contributed by atoms with E-state index >= 15 is 0 Å². The normalized spacial score (nSPS) is 23.8. The van der Waals surface area contributed by atoms with Crippen molar-refractivity contribution in [1.29, 1.82) is 0 Å². The number of halogens is 4. The first-order valence-corrected chi connectivity index (χ1v) is 13.5. The molecule has 2 aromatic rings. The van der Waals surface area contributed by atoms with Crippen molar-refractivity contribution in [3.63, 3.8) is 0 Å². The number of likely N-dealkylation sites (tertiary alicyclic amines) is 1. The molecule has 1 aromatic carbocycles. The van der Waals surface area contributed by atoms with Crippen molar-refractivity contribution in [2.75, 3.05) is 13.7 Å². The highest BCUT2D eigenvalue weighted by Crippen LogP contribution is 2.37. The largest absolute Gasteiger partial charge is 0.469 e. The van der Waals surface area contributed by atoms with Crippen molar-refractivity contribution in [2.24, 2.45) is 5.92 Å². The number of carbonyl (C=O) groups is 3. The average molecular weight is 584 g/mol. The zero-order chi connectivity index (χ0) is 29.4. The highest BCUT2D eigenvalue weighted by Gasteiger charge is 2.45. The van der Waals surface area contributed by atoms with Gasteiger partial charge in [0, 0.05) is 29.7 Å². The summed E-state index contributed by atoms with van der Waals surface area (Å²) in [5.41, 5.74) is -1.04. The molecule has 2 N–H and O–H groups in total. The van der Waals surface area contributed by atoms with E-state index in [1.807, 2.05) is 0 Å². The van der Waals surface area contributed by atoms with Crippen molar-refractivity contribution in [3.05, 3.63) is 46.7 Å². The summed E-state index contributed by atoms with van der Waals surface area (Å²) in [5.74, 6) is -2.04. The summed E-state index contributed by atoms with van der Waals surface area (Å²) in [6.07, 6.45) is -2.31. The van der Waals surface area contributed by atoms with Gasteiger partial charge in [-0.1, -0.05) is 11.6 Å². The predicted molar refractivity (Wildman–Crippen MR) is 142 cm³/mol. The van der Waals surface area contributed by atoms with E-state index in [1.165, 1.54) is 19.2 Å². The number of amides is 2. The van der Waals surface area contributed by atoms with Crippen LogP contribution < -0.4 is 10.6 Å². The Kier molecular flexibility index (Phi) is 8.56. The predicted octanol–water partition coefficient (Wildman–Crippen LogP) is 5.05. The third-order valence-electron chi connectivity index (χ3n) is 7.29. The molecule has 0 bridgehead atoms. The Morgan fingerprint density at radius 3 is 2.48 bits per heavy atom. The standard InChI is InChI=1S/C28H33ClF3N3O5/c1-27(2,3)34-16-6-8-21(18(14-16)26(38)39-4)35-12-11-20(25(35)37)33-24(36)23-10-9-22(40-23)17-13-15(28(30,31)32)5-7-19(17)29/h5,7,9-10,13,16,18,20-21,34H,6,8,11-12,14H2,1-4H3,(H,33,36)/t16-,18-,20?,21+/m1/s1. The molecule has 12 heteroatoms. The summed E-state index contributed by atoms with van der Waals surface area (Å²) < 4.78 is 50.0. The second-order valence-electron chi connectivity index (χ2n) is 11.3. The van der Waals surface area contributed by atoms with E-state index < -0.39 is 29.6 Å². The van der Waals surface area contributed by atoms with Gasteiger partial charge in [0.05, 0.1) is 23.6 Å². The lowest BCUT2D eigenvalue weighted by Crippen LogP contribution is -2.55. The third-order valence-corrected chi connectivity index (χ3v) is 7.62. The second-order valence-corrected chi connectivity index (χ2v) is 11.7. The number of esters is 1. The van der Waals surface area contributed by atoms with Gasteiger partial charge in [0.2, 0.25) is 5.91 Å². The molecule has 1 saturated heterocycles. The van der Waals surface area contributed by atoms with Crippen LogP contribution >= 0.6 is 11.6 Å². The van der Waals surface area contributed by atoms with Crippen LogP contribution in [0.1, 0.15) is 62.6 Å². The third kappa shape index (κ3) is 6.63. The Morgan fingerprint density at radius 2 is 1.82 bits per heavy atom. The van der Waals surface area contributed by atoms with E-state index in [-0.39, 0.29) is 51.6 Å². The number of alkyl halides is 3. The lowest BCUT2D eigenvalue weighted by molar-refractivity contribution is -0.151. The summed E-state index contributed by atoms with van der Waals surface area (Å²) in [7, 11) is 1.33. The van der Waals surface area contributed by atoms with Crippen molar-refractivity contribution in [2.45, 2.75) is 76.3 Å². The molecule has 1 saturated carbocycles. The first-order valence-electron chi connectivity index (χ1n) is 13.1. The molecule has 8 nitrogen and oxygen atoms in total. The van der Waals surface area contributed by atoms with Crippen LogP contribution in [0.25, 0.3) is 11.3 Å². The number of carbonyl (C=O) groups excluding carboxylic acids is 3. The van der Waals surface area contributed by atoms with Crippen molar-refractivity contribution in [1.82, 2.24) is 15.5 Å². The maximum absolute atomic E-state index is 13.3. The molecule has 40 heavy (non-hydrogen) atoms. The molecular weight excluding hydrogens is 551 g/mol. The molecule has 1 aromatic heterocycles. The van der Waals surface area contributed by atoms with Gasteiger partial charge in [-0.05, 0) is 76.8 Å². The van der Waals surface area contributed by atoms with Gasteiger partial charge in [0.25, 0.3) is 5.91 Å². The van der Waals surface area contributed by atoms with Gasteiger partial charge in [-0.2, -0.15) is 13.2 Å². The molecule has 218 valence electrons. The van der Waals surface area contributed by atoms with Gasteiger partial charge in [-0.3, -0.25) is 14.4 Å². The number of hydrogen-bond acceptors (Lipinski definition) is 6. The molecule has 2 heterocycles. The highest BCUT2D eigenvalue weighted by molar-refractivity contribution is 6.33. The molecule has 2 fully saturated rings. The molecular formula is C28H33ClF3N3O5. The summed E-state index contributed by atoms with van der Waals surface area (Å²) in [6, 6.07) is 4.41. The Balaban J connectivity index is 1.44. The van der Waals surface area contributed by atoms with Crippen LogP contribution in [0.4, 0.5) is 13.2 Å². The lowest BCUT2D eigenvalue weighted by atomic mass is 9.80. The van der Waals surface area contributed by atoms with E-state index in [1.54, 1.807) is 4.90 Å². The quantitative estimate of drug-likeness (QED) is 0.462. The van der Waals surface area contributed by atoms with Crippen molar-refractivity contribution in [3.8, 4) is 11.3 Å². The number of nitrogens with one attached hydrogen (secondary N) is 2. The number of ether oxygens (including phenoxy) is 1. The maximum Gasteiger partial charge on any atom is 0.416 e. The average Bonchev–Trinajstić information content (AvgIpc) is 3.50. The SMILES string of the molecule is COC(=O)[C@@H]1C[C@H](NC(C)(C)C)CC[C@@H]1N1CCC(NC(=O)c2ccc(-c3cc(C(F)(F)F)ccc3Cl)o2)C1=O. The first kappa shape index (κ1) is 29.9. The molecule has 1 aliphatic heterocycles. The maximum atomic E-state index is 13.3. The van der Waals surface area contributed by atoms with Crippen molar-refractivity contribution >= 4 is 29.4 Å². The second kappa shape index (κ2) is 11.4. The van der Waals surface area contributed by atoms with Crippen molar-refractivity contribution < 1.29 is 36.7 Å². The molecule has 1 aliphatic carbocycles. The van der Waals surface area contributed by atoms with E-state index in [0.717, 1.165) is 24.6 Å². The topological polar surface area (TPSA) is 101 Å². The van der Waals surface area contributed by atoms with E-state index in [0.29, 0.717) is 25.8 Å². The summed E-state index contributed by atoms with van der Waals surface area (Å²) in [5, 5.41) is 6.22. The summed E-state index contributed by atoms with van der Waals surface area (Å²) in [6.45, 7) is 6.53. The van der Waals surface area contributed by atoms with Crippen LogP contribution in [-0.4, -0.2) is 60.0 Å². The molecule has 0 spiro atoms. The number of benzene rings is 1. The molecule has 4 rings (SSSR count). The van der Waals surface area contributed by atoms with Gasteiger partial charge in [0.1, 0.15) is 11.8 Å². The van der Waals surface area contributed by atoms with Gasteiger partial charge in [-0.15, -0.1) is 0 Å². The minimum Gasteiger partial charge on any atom is -0.469 e. The number of furan rings is 1. The van der Waals surface area contributed by atoms with Gasteiger partial charge in [-0.25, -0.2) is 0 Å². The fourth-order valence-corrected chi connectivity index (χ4v) is 5.78. The van der Waals surface area contributed by atoms with Crippen LogP contribution in [-0.2, 0) is 20.5 Å². The number of rotatable bonds is 6. The Morgan fingerprint density at radius 1 is 1.10 bits per heavy atom. The smallest absolute Gasteiger partial charge is 0.416 e. The number of hydrogen-bond donors (Lipinski definition) is 2. The Bertz CT molecular complexity index is 1270. The van der Waals surface area contributed by atoms with Crippen LogP contribution in [0, 0.1) is 5.92 Å². The van der Waals surface area contributed by atoms with E-state index in [4.69, 9.17) is 20.8 Å². The fraction of sp³-hybridized carbons (Fsp3) is 0.536. The fourth-order valence-electron chi connectivity index (χ4n) is 5.57. The first-order chi connectivity index (χ1) is 18.7. The molecule has 2 amide bonds. The minimum atomic E-state index is -4.57. The van der Waals surface area contributed by atoms with Crippen LogP contribution in [0.15, 0.2) is 34.7 Å². The molecule has 1 unspecified atom stereocenters. The monoisotopic (exact) mass is 583 g/mol. The van der Waals surface area contributed by atoms with E-state index in [2.05, 4.69) is 31.4 Å². The van der Waals surface area contributed by atoms with Crippen LogP contribution in [0.3, 0.4) is 0 Å². The summed E-state index contributed by atoms with van der Waals surface area (Å²) >= 11 is 6.09. The lowest BCUT2D eigenvalue weighted by Gasteiger charge is -2.41. The highest BCUT2D eigenvalue weighted by atomic mass is 35.5. The molecule has 0 radical (unpaired) electrons. The molecule has 4 atom stereocenters. The van der Waals surface area contributed by atoms with Gasteiger partial charge in [0.15, 0.2) is 5.76 Å². The number of methoxy groups -OCH3 is 1. The minimum absolute atomic E-state index is 0.0101. The van der Waals surface area contributed by atoms with Gasteiger partial charge >= 0.3 is 12.1 Å². The summed E-state index contributed by atoms with van der Waals surface area (Å²) in [4.78, 5) is 40.6. The van der Waals surface area contributed by atoms with Crippen LogP contribution in [0.2, 0.25) is 5.02 Å². The Hall–Kier alpha value is -3.05. The zero-order valence-corrected chi connectivity index (χ0v) is 23.5. The van der Waals surface area contributed by atoms with Gasteiger partial charge < -0.3 is 24.7 Å². The number of nitrogens with zero attached hydrogens (tertiary/aromatic N) is 1. The zero-order valence-electron chi connectivity index (χ0n) is 22.7.